The molecule has 0 saturated carbocycles. The van der Waals surface area contributed by atoms with E-state index in [4.69, 9.17) is 0 Å². The summed E-state index contributed by atoms with van der Waals surface area (Å²) >= 11 is 0. The topological polar surface area (TPSA) is 281 Å². The third-order valence-corrected chi connectivity index (χ3v) is 6.31. The van der Waals surface area contributed by atoms with Gasteiger partial charge in [0.05, 0.1) is 44.8 Å². The molecular weight excluding hydrogens is 560 g/mol. The Morgan fingerprint density at radius 3 is 1.00 bits per heavy atom. The normalized spacial score (nSPS) is 11.8. The van der Waals surface area contributed by atoms with E-state index in [-0.39, 0.29) is 22.4 Å². The maximum atomic E-state index is 12.4. The molecule has 3 aromatic heterocycles. The lowest BCUT2D eigenvalue weighted by molar-refractivity contribution is 0.0653. The number of carboxylic acid groups (broad SMARTS) is 6. The van der Waals surface area contributed by atoms with Gasteiger partial charge in [0, 0.05) is 0 Å². The molecule has 42 heavy (non-hydrogen) atoms. The van der Waals surface area contributed by atoms with Gasteiger partial charge in [-0.25, -0.2) is 38.7 Å². The van der Waals surface area contributed by atoms with Crippen molar-refractivity contribution in [3.8, 4) is 0 Å². The molecule has 0 aliphatic carbocycles. The highest BCUT2D eigenvalue weighted by molar-refractivity contribution is 6.19. The van der Waals surface area contributed by atoms with E-state index in [0.717, 1.165) is 24.3 Å². The molecule has 8 N–H and O–H groups in total. The van der Waals surface area contributed by atoms with Crippen LogP contribution in [0.1, 0.15) is 84.9 Å². The van der Waals surface area contributed by atoms with Crippen molar-refractivity contribution in [2.45, 2.75) is 0 Å². The summed E-state index contributed by atoms with van der Waals surface area (Å²) in [5.74, 6) is -10.6. The van der Waals surface area contributed by atoms with Gasteiger partial charge in [-0.1, -0.05) is 0 Å². The zero-order chi connectivity index (χ0) is 30.6. The SMILES string of the molecule is O=C(O)c1c2nc(c(C(=O)O)c3[nH]c(c(C(=O)O)c4nc(c(C(=O)O)c5ccc1[nH]5)C=C4)c(C(=O)O)c3C(=O)O)C=C2. The second-order valence-corrected chi connectivity index (χ2v) is 8.67. The van der Waals surface area contributed by atoms with E-state index in [9.17, 15) is 59.4 Å². The number of carbonyl (C=O) groups is 6. The van der Waals surface area contributed by atoms with E-state index in [0.29, 0.717) is 0 Å². The Kier molecular flexibility index (Phi) is 6.15. The molecule has 3 aromatic rings. The van der Waals surface area contributed by atoms with Crippen molar-refractivity contribution in [3.05, 3.63) is 68.3 Å². The molecular formula is C26H14N4O12. The van der Waals surface area contributed by atoms with Crippen LogP contribution in [-0.2, 0) is 0 Å². The van der Waals surface area contributed by atoms with Crippen molar-refractivity contribution in [3.63, 3.8) is 0 Å². The molecule has 0 aromatic carbocycles. The fraction of sp³-hybridized carbons (Fsp3) is 0. The van der Waals surface area contributed by atoms with Crippen LogP contribution in [0, 0.1) is 0 Å². The molecule has 0 amide bonds. The van der Waals surface area contributed by atoms with Crippen molar-refractivity contribution in [2.24, 2.45) is 0 Å². The first-order chi connectivity index (χ1) is 19.8. The molecule has 0 fully saturated rings. The largest absolute Gasteiger partial charge is 0.478 e. The monoisotopic (exact) mass is 574 g/mol. The number of carboxylic acids is 6. The predicted octanol–water partition coefficient (Wildman–Crippen LogP) is 2.84. The molecule has 2 aliphatic heterocycles. The summed E-state index contributed by atoms with van der Waals surface area (Å²) in [6, 6.07) is 2.46. The number of rotatable bonds is 6. The van der Waals surface area contributed by atoms with Crippen molar-refractivity contribution in [1.29, 1.82) is 0 Å². The second-order valence-electron chi connectivity index (χ2n) is 8.67. The van der Waals surface area contributed by atoms with Gasteiger partial charge in [-0.05, 0) is 36.4 Å². The van der Waals surface area contributed by atoms with E-state index in [1.165, 1.54) is 12.1 Å². The van der Waals surface area contributed by atoms with E-state index in [1.54, 1.807) is 0 Å². The van der Waals surface area contributed by atoms with Gasteiger partial charge in [0.2, 0.25) is 0 Å². The third-order valence-electron chi connectivity index (χ3n) is 6.31. The summed E-state index contributed by atoms with van der Waals surface area (Å²) in [6.07, 6.45) is 4.28. The molecule has 16 nitrogen and oxygen atoms in total. The highest BCUT2D eigenvalue weighted by atomic mass is 16.4. The number of H-pyrrole nitrogens is 2. The van der Waals surface area contributed by atoms with Crippen LogP contribution in [0.25, 0.3) is 46.4 Å². The number of fused-ring (bicyclic) bond motifs is 8. The van der Waals surface area contributed by atoms with Gasteiger partial charge in [0.25, 0.3) is 0 Å². The molecule has 5 rings (SSSR count). The summed E-state index contributed by atoms with van der Waals surface area (Å²) in [6.45, 7) is 0. The molecule has 2 aliphatic rings. The number of nitrogens with one attached hydrogen (secondary N) is 2. The van der Waals surface area contributed by atoms with Crippen LogP contribution in [0.3, 0.4) is 0 Å². The average Bonchev–Trinajstić information content (AvgIpc) is 3.67. The van der Waals surface area contributed by atoms with E-state index >= 15 is 0 Å². The van der Waals surface area contributed by atoms with Gasteiger partial charge in [0.1, 0.15) is 33.4 Å². The van der Waals surface area contributed by atoms with Crippen LogP contribution in [0.5, 0.6) is 0 Å². The van der Waals surface area contributed by atoms with Crippen LogP contribution < -0.4 is 0 Å². The first-order valence-electron chi connectivity index (χ1n) is 11.4. The Balaban J connectivity index is 2.21. The van der Waals surface area contributed by atoms with E-state index < -0.39 is 91.6 Å². The van der Waals surface area contributed by atoms with Gasteiger partial charge in [-0.3, -0.25) is 0 Å². The number of hydrogen-bond acceptors (Lipinski definition) is 8. The molecule has 0 saturated heterocycles. The maximum Gasteiger partial charge on any atom is 0.340 e. The van der Waals surface area contributed by atoms with Crippen LogP contribution in [0.4, 0.5) is 0 Å². The lowest BCUT2D eigenvalue weighted by Crippen LogP contribution is -2.09. The number of nitrogens with zero attached hydrogens (tertiary/aromatic N) is 2. The van der Waals surface area contributed by atoms with Crippen molar-refractivity contribution < 1.29 is 59.4 Å². The molecule has 210 valence electrons. The van der Waals surface area contributed by atoms with Crippen molar-refractivity contribution in [1.82, 2.24) is 19.9 Å². The quantitative estimate of drug-likeness (QED) is 0.145. The molecule has 0 spiro atoms. The maximum absolute atomic E-state index is 12.4. The lowest BCUT2D eigenvalue weighted by Gasteiger charge is -2.00. The number of aromatic amines is 2. The number of aromatic nitrogens is 4. The minimum Gasteiger partial charge on any atom is -0.478 e. The highest BCUT2D eigenvalue weighted by Gasteiger charge is 2.32. The zero-order valence-electron chi connectivity index (χ0n) is 20.5. The Labute approximate surface area is 230 Å². The van der Waals surface area contributed by atoms with Gasteiger partial charge < -0.3 is 40.6 Å². The average molecular weight is 574 g/mol. The van der Waals surface area contributed by atoms with Crippen LogP contribution >= 0.6 is 0 Å². The zero-order valence-corrected chi connectivity index (χ0v) is 20.5. The Hall–Kier alpha value is -6.58. The van der Waals surface area contributed by atoms with Crippen molar-refractivity contribution >= 4 is 82.2 Å². The molecule has 8 bridgehead atoms. The summed E-state index contributed by atoms with van der Waals surface area (Å²) < 4.78 is 0. The lowest BCUT2D eigenvalue weighted by atomic mass is 10.0. The van der Waals surface area contributed by atoms with Crippen LogP contribution in [0.2, 0.25) is 0 Å². The van der Waals surface area contributed by atoms with Gasteiger partial charge in [0.15, 0.2) is 0 Å². The van der Waals surface area contributed by atoms with E-state index in [2.05, 4.69) is 19.9 Å². The Morgan fingerprint density at radius 1 is 0.429 bits per heavy atom. The molecule has 16 heteroatoms. The van der Waals surface area contributed by atoms with Gasteiger partial charge in [-0.15, -0.1) is 0 Å². The fourth-order valence-corrected chi connectivity index (χ4v) is 4.69. The number of aromatic carboxylic acids is 6. The number of hydrogen-bond donors (Lipinski definition) is 8. The summed E-state index contributed by atoms with van der Waals surface area (Å²) in [7, 11) is 0. The Morgan fingerprint density at radius 2 is 0.714 bits per heavy atom. The summed E-state index contributed by atoms with van der Waals surface area (Å²) in [5.41, 5.74) is -8.67. The third kappa shape index (κ3) is 4.11. The van der Waals surface area contributed by atoms with E-state index in [1.807, 2.05) is 0 Å². The van der Waals surface area contributed by atoms with Gasteiger partial charge >= 0.3 is 35.8 Å². The highest BCUT2D eigenvalue weighted by Crippen LogP contribution is 2.32. The first-order valence-corrected chi connectivity index (χ1v) is 11.4. The van der Waals surface area contributed by atoms with Crippen LogP contribution in [0.15, 0.2) is 12.1 Å². The predicted molar refractivity (Wildman–Crippen MR) is 141 cm³/mol. The van der Waals surface area contributed by atoms with Gasteiger partial charge in [-0.2, -0.15) is 0 Å². The molecule has 0 radical (unpaired) electrons. The molecule has 0 unspecified atom stereocenters. The van der Waals surface area contributed by atoms with Crippen LogP contribution in [-0.4, -0.2) is 86.4 Å². The second kappa shape index (κ2) is 9.56. The minimum absolute atomic E-state index is 0.143. The molecule has 5 heterocycles. The summed E-state index contributed by atoms with van der Waals surface area (Å²) in [5, 5.41) is 59.9. The molecule has 0 atom stereocenters. The fourth-order valence-electron chi connectivity index (χ4n) is 4.69. The summed E-state index contributed by atoms with van der Waals surface area (Å²) in [4.78, 5) is 87.0. The first kappa shape index (κ1) is 27.0. The smallest absolute Gasteiger partial charge is 0.340 e. The minimum atomic E-state index is -1.94. The van der Waals surface area contributed by atoms with Crippen molar-refractivity contribution in [2.75, 3.05) is 0 Å². The standard InChI is InChI=1S/C26H14N4O12/c31-21(32)13-7-1-2-8(27-7)14(22(33)34)10-4-6-12(29-10)16(24(37)38)20-18(26(41)42)17(25(39)40)19(30-20)15(23(35)36)11-5-3-9(13)28-11/h1-6,27,30H,(H,31,32)(H,33,34)(H,35,36)(H,37,38)(H,39,40)(H,41,42). The Bertz CT molecular complexity index is 1920.